The summed E-state index contributed by atoms with van der Waals surface area (Å²) in [4.78, 5) is 0. The molecule has 0 amide bonds. The summed E-state index contributed by atoms with van der Waals surface area (Å²) >= 11 is 0. The van der Waals surface area contributed by atoms with E-state index in [1.165, 1.54) is 0 Å². The number of rotatable bonds is 5. The SMILES string of the molecule is CCN(CC)OP1OC(C)N(CC)O1. The van der Waals surface area contributed by atoms with E-state index < -0.39 is 8.60 Å². The fourth-order valence-corrected chi connectivity index (χ4v) is 2.43. The Hall–Kier alpha value is 0.230. The van der Waals surface area contributed by atoms with E-state index in [0.29, 0.717) is 0 Å². The van der Waals surface area contributed by atoms with Crippen molar-refractivity contribution in [1.29, 1.82) is 0 Å². The maximum atomic E-state index is 5.52. The highest BCUT2D eigenvalue weighted by Crippen LogP contribution is 2.48. The summed E-state index contributed by atoms with van der Waals surface area (Å²) in [7, 11) is -1.23. The van der Waals surface area contributed by atoms with Crippen LogP contribution in [0.5, 0.6) is 0 Å². The van der Waals surface area contributed by atoms with Crippen molar-refractivity contribution < 1.29 is 13.8 Å². The standard InChI is InChI=1S/C8H19N2O3P/c1-5-9(6-2)12-14-11-8(4)10(7-3)13-14/h8H,5-7H2,1-4H3. The first-order valence-electron chi connectivity index (χ1n) is 5.05. The topological polar surface area (TPSA) is 34.2 Å². The molecule has 1 aliphatic heterocycles. The van der Waals surface area contributed by atoms with Crippen molar-refractivity contribution in [2.45, 2.75) is 33.9 Å². The third-order valence-electron chi connectivity index (χ3n) is 2.01. The molecule has 0 aromatic carbocycles. The lowest BCUT2D eigenvalue weighted by molar-refractivity contribution is -0.0988. The summed E-state index contributed by atoms with van der Waals surface area (Å²) < 4.78 is 16.5. The minimum absolute atomic E-state index is 0.0123. The Bertz CT molecular complexity index is 169. The molecule has 0 radical (unpaired) electrons. The molecule has 0 saturated carbocycles. The smallest absolute Gasteiger partial charge is 0.289 e. The summed E-state index contributed by atoms with van der Waals surface area (Å²) in [6, 6.07) is 0. The van der Waals surface area contributed by atoms with Crippen LogP contribution in [0.1, 0.15) is 27.7 Å². The van der Waals surface area contributed by atoms with Gasteiger partial charge in [-0.2, -0.15) is 10.1 Å². The fraction of sp³-hybridized carbons (Fsp3) is 1.00. The number of nitrogens with zero attached hydrogens (tertiary/aromatic N) is 2. The second kappa shape index (κ2) is 5.95. The fourth-order valence-electron chi connectivity index (χ4n) is 1.13. The van der Waals surface area contributed by atoms with Crippen molar-refractivity contribution in [2.24, 2.45) is 0 Å². The van der Waals surface area contributed by atoms with Crippen LogP contribution in [0.2, 0.25) is 0 Å². The third-order valence-corrected chi connectivity index (χ3v) is 3.20. The minimum atomic E-state index is -1.23. The van der Waals surface area contributed by atoms with Crippen LogP contribution in [0.4, 0.5) is 0 Å². The van der Waals surface area contributed by atoms with E-state index in [1.54, 1.807) is 5.06 Å². The van der Waals surface area contributed by atoms with Gasteiger partial charge in [0.05, 0.1) is 0 Å². The van der Waals surface area contributed by atoms with Gasteiger partial charge in [0, 0.05) is 19.6 Å². The number of hydroxylamine groups is 4. The molecule has 1 heterocycles. The van der Waals surface area contributed by atoms with Gasteiger partial charge in [0.25, 0.3) is 0 Å². The lowest BCUT2D eigenvalue weighted by Gasteiger charge is -2.19. The van der Waals surface area contributed by atoms with Gasteiger partial charge < -0.3 is 0 Å². The van der Waals surface area contributed by atoms with E-state index in [-0.39, 0.29) is 6.23 Å². The van der Waals surface area contributed by atoms with Crippen molar-refractivity contribution in [1.82, 2.24) is 10.1 Å². The van der Waals surface area contributed by atoms with Crippen LogP contribution in [-0.2, 0) is 13.8 Å². The maximum Gasteiger partial charge on any atom is 0.371 e. The first-order valence-corrected chi connectivity index (χ1v) is 6.15. The van der Waals surface area contributed by atoms with Gasteiger partial charge in [-0.3, -0.25) is 4.52 Å². The van der Waals surface area contributed by atoms with Crippen LogP contribution >= 0.6 is 8.60 Å². The average Bonchev–Trinajstić information content (AvgIpc) is 2.55. The summed E-state index contributed by atoms with van der Waals surface area (Å²) in [6.45, 7) is 10.5. The van der Waals surface area contributed by atoms with Crippen LogP contribution in [0.3, 0.4) is 0 Å². The Kier molecular flexibility index (Phi) is 5.23. The Morgan fingerprint density at radius 2 is 2.00 bits per heavy atom. The first-order chi connectivity index (χ1) is 6.71. The lowest BCUT2D eigenvalue weighted by atomic mass is 10.6. The Balaban J connectivity index is 2.33. The monoisotopic (exact) mass is 222 g/mol. The first kappa shape index (κ1) is 12.3. The molecule has 5 nitrogen and oxygen atoms in total. The van der Waals surface area contributed by atoms with Crippen molar-refractivity contribution in [3.8, 4) is 0 Å². The van der Waals surface area contributed by atoms with Crippen LogP contribution in [0, 0.1) is 0 Å². The van der Waals surface area contributed by atoms with E-state index in [2.05, 4.69) is 0 Å². The van der Waals surface area contributed by atoms with Gasteiger partial charge in [0.15, 0.2) is 0 Å². The molecule has 2 unspecified atom stereocenters. The van der Waals surface area contributed by atoms with E-state index in [4.69, 9.17) is 13.8 Å². The van der Waals surface area contributed by atoms with Crippen LogP contribution < -0.4 is 0 Å². The lowest BCUT2D eigenvalue weighted by Crippen LogP contribution is -2.25. The molecule has 14 heavy (non-hydrogen) atoms. The van der Waals surface area contributed by atoms with Crippen molar-refractivity contribution in [2.75, 3.05) is 19.6 Å². The normalized spacial score (nSPS) is 28.9. The molecule has 2 atom stereocenters. The summed E-state index contributed by atoms with van der Waals surface area (Å²) in [5.41, 5.74) is 0. The van der Waals surface area contributed by atoms with E-state index >= 15 is 0 Å². The Labute approximate surface area is 86.8 Å². The Morgan fingerprint density at radius 3 is 2.43 bits per heavy atom. The predicted octanol–water partition coefficient (Wildman–Crippen LogP) is 2.12. The average molecular weight is 222 g/mol. The second-order valence-corrected chi connectivity index (χ2v) is 3.92. The van der Waals surface area contributed by atoms with Crippen LogP contribution in [0.25, 0.3) is 0 Å². The minimum Gasteiger partial charge on any atom is -0.289 e. The number of hydrogen-bond donors (Lipinski definition) is 0. The van der Waals surface area contributed by atoms with Crippen molar-refractivity contribution in [3.05, 3.63) is 0 Å². The molecule has 0 aromatic heterocycles. The maximum absolute atomic E-state index is 5.52. The third kappa shape index (κ3) is 3.12. The highest BCUT2D eigenvalue weighted by atomic mass is 31.2. The molecule has 1 saturated heterocycles. The van der Waals surface area contributed by atoms with Crippen LogP contribution in [0.15, 0.2) is 0 Å². The molecule has 1 rings (SSSR count). The van der Waals surface area contributed by atoms with Gasteiger partial charge in [-0.05, 0) is 13.8 Å². The summed E-state index contributed by atoms with van der Waals surface area (Å²) in [5.74, 6) is 0. The molecule has 1 aliphatic rings. The highest BCUT2D eigenvalue weighted by Gasteiger charge is 2.33. The zero-order chi connectivity index (χ0) is 10.6. The largest absolute Gasteiger partial charge is 0.371 e. The van der Waals surface area contributed by atoms with Gasteiger partial charge in [-0.25, -0.2) is 9.25 Å². The quantitative estimate of drug-likeness (QED) is 0.525. The molecule has 1 fully saturated rings. The Morgan fingerprint density at radius 1 is 1.36 bits per heavy atom. The summed E-state index contributed by atoms with van der Waals surface area (Å²) in [6.07, 6.45) is -0.0123. The molecule has 0 N–H and O–H groups in total. The predicted molar refractivity (Wildman–Crippen MR) is 54.9 cm³/mol. The van der Waals surface area contributed by atoms with E-state index in [0.717, 1.165) is 19.6 Å². The van der Waals surface area contributed by atoms with Crippen molar-refractivity contribution >= 4 is 8.60 Å². The van der Waals surface area contributed by atoms with Crippen LogP contribution in [-0.4, -0.2) is 36.0 Å². The molecule has 0 spiro atoms. The van der Waals surface area contributed by atoms with Gasteiger partial charge in [-0.1, -0.05) is 13.8 Å². The zero-order valence-corrected chi connectivity index (χ0v) is 10.2. The van der Waals surface area contributed by atoms with E-state index in [1.807, 2.05) is 32.8 Å². The highest BCUT2D eigenvalue weighted by molar-refractivity contribution is 7.41. The molecule has 0 aromatic rings. The second-order valence-electron chi connectivity index (χ2n) is 2.94. The molecule has 84 valence electrons. The van der Waals surface area contributed by atoms with Gasteiger partial charge in [0.1, 0.15) is 6.23 Å². The van der Waals surface area contributed by atoms with Gasteiger partial charge >= 0.3 is 8.60 Å². The molecular weight excluding hydrogens is 203 g/mol. The van der Waals surface area contributed by atoms with E-state index in [9.17, 15) is 0 Å². The summed E-state index contributed by atoms with van der Waals surface area (Å²) in [5, 5.41) is 3.62. The van der Waals surface area contributed by atoms with Gasteiger partial charge in [0.2, 0.25) is 0 Å². The molecule has 0 aliphatic carbocycles. The van der Waals surface area contributed by atoms with Gasteiger partial charge in [-0.15, -0.1) is 0 Å². The molecular formula is C8H19N2O3P. The number of hydrogen-bond acceptors (Lipinski definition) is 5. The van der Waals surface area contributed by atoms with Crippen molar-refractivity contribution in [3.63, 3.8) is 0 Å². The molecule has 0 bridgehead atoms. The molecule has 6 heteroatoms. The zero-order valence-electron chi connectivity index (χ0n) is 9.27.